The van der Waals surface area contributed by atoms with Gasteiger partial charge < -0.3 is 24.6 Å². The first kappa shape index (κ1) is 18.5. The van der Waals surface area contributed by atoms with E-state index < -0.39 is 24.1 Å². The molecule has 0 saturated carbocycles. The number of carboxylic acid groups (broad SMARTS) is 1. The zero-order valence-corrected chi connectivity index (χ0v) is 14.0. The van der Waals surface area contributed by atoms with Gasteiger partial charge in [0.05, 0.1) is 17.3 Å². The van der Waals surface area contributed by atoms with Gasteiger partial charge in [-0.05, 0) is 31.9 Å². The van der Waals surface area contributed by atoms with Gasteiger partial charge in [0.1, 0.15) is 12.7 Å². The molecule has 2 rings (SSSR count). The molecule has 7 nitrogen and oxygen atoms in total. The number of ether oxygens (including phenoxy) is 3. The Bertz CT molecular complexity index is 594. The second kappa shape index (κ2) is 8.86. The van der Waals surface area contributed by atoms with Crippen molar-refractivity contribution >= 4 is 29.2 Å². The van der Waals surface area contributed by atoms with E-state index in [1.165, 1.54) is 0 Å². The number of carbonyl (C=O) groups is 2. The minimum atomic E-state index is -1.06. The van der Waals surface area contributed by atoms with Crippen LogP contribution in [0.3, 0.4) is 0 Å². The molecule has 8 heteroatoms. The summed E-state index contributed by atoms with van der Waals surface area (Å²) in [4.78, 5) is 23.2. The predicted molar refractivity (Wildman–Crippen MR) is 87.6 cm³/mol. The summed E-state index contributed by atoms with van der Waals surface area (Å²) in [6.07, 6.45) is -1.09. The Morgan fingerprint density at radius 3 is 2.75 bits per heavy atom. The molecule has 1 amide bonds. The first-order valence-corrected chi connectivity index (χ1v) is 8.09. The molecule has 0 bridgehead atoms. The third-order valence-electron chi connectivity index (χ3n) is 3.49. The number of hydrogen-bond acceptors (Lipinski definition) is 5. The number of carbonyl (C=O) groups excluding carboxylic acids is 1. The van der Waals surface area contributed by atoms with Crippen molar-refractivity contribution in [1.82, 2.24) is 0 Å². The number of para-hydroxylation sites is 1. The topological polar surface area (TPSA) is 94.1 Å². The molecule has 1 saturated heterocycles. The van der Waals surface area contributed by atoms with E-state index in [2.05, 4.69) is 5.32 Å². The van der Waals surface area contributed by atoms with Crippen LogP contribution in [0.4, 0.5) is 5.69 Å². The lowest BCUT2D eigenvalue weighted by atomic mass is 10.2. The maximum Gasteiger partial charge on any atom is 0.332 e. The molecule has 0 aromatic heterocycles. The van der Waals surface area contributed by atoms with Crippen LogP contribution in [-0.4, -0.2) is 49.0 Å². The van der Waals surface area contributed by atoms with Crippen molar-refractivity contribution in [1.29, 1.82) is 0 Å². The largest absolute Gasteiger partial charge is 0.487 e. The van der Waals surface area contributed by atoms with Gasteiger partial charge in [-0.3, -0.25) is 4.79 Å². The van der Waals surface area contributed by atoms with Gasteiger partial charge in [-0.1, -0.05) is 17.7 Å². The summed E-state index contributed by atoms with van der Waals surface area (Å²) in [7, 11) is 0. The molecule has 0 unspecified atom stereocenters. The van der Waals surface area contributed by atoms with Crippen molar-refractivity contribution in [2.45, 2.75) is 32.0 Å². The van der Waals surface area contributed by atoms with Gasteiger partial charge >= 0.3 is 5.97 Å². The van der Waals surface area contributed by atoms with Crippen LogP contribution in [-0.2, 0) is 19.1 Å². The van der Waals surface area contributed by atoms with Crippen molar-refractivity contribution in [2.75, 3.05) is 25.1 Å². The van der Waals surface area contributed by atoms with Gasteiger partial charge in [0.2, 0.25) is 0 Å². The number of amides is 1. The Labute approximate surface area is 144 Å². The summed E-state index contributed by atoms with van der Waals surface area (Å²) in [5.74, 6) is -1.14. The van der Waals surface area contributed by atoms with Crippen molar-refractivity contribution in [3.63, 3.8) is 0 Å². The molecule has 1 aliphatic heterocycles. The van der Waals surface area contributed by atoms with Gasteiger partial charge in [-0.25, -0.2) is 4.79 Å². The number of rotatable bonds is 8. The second-order valence-electron chi connectivity index (χ2n) is 5.18. The van der Waals surface area contributed by atoms with Crippen LogP contribution in [0.5, 0.6) is 5.75 Å². The maximum atomic E-state index is 12.3. The number of nitrogens with one attached hydrogen (secondary N) is 1. The Kier molecular flexibility index (Phi) is 6.84. The van der Waals surface area contributed by atoms with Crippen molar-refractivity contribution in [2.24, 2.45) is 0 Å². The van der Waals surface area contributed by atoms with Crippen LogP contribution in [0, 0.1) is 0 Å². The van der Waals surface area contributed by atoms with Crippen LogP contribution in [0.15, 0.2) is 18.2 Å². The molecule has 0 aliphatic carbocycles. The Morgan fingerprint density at radius 1 is 1.33 bits per heavy atom. The average molecular weight is 358 g/mol. The molecular formula is C16H20ClNO6. The SMILES string of the molecule is CCOCCOc1c(Cl)cccc1NC(=O)[C@@H]1CC[C@H](C(=O)O)O1. The molecule has 2 atom stereocenters. The number of carboxylic acids is 1. The van der Waals surface area contributed by atoms with E-state index in [9.17, 15) is 9.59 Å². The number of hydrogen-bond donors (Lipinski definition) is 2. The van der Waals surface area contributed by atoms with E-state index in [1.54, 1.807) is 18.2 Å². The van der Waals surface area contributed by atoms with Gasteiger partial charge in [0, 0.05) is 6.61 Å². The van der Waals surface area contributed by atoms with E-state index in [4.69, 9.17) is 30.9 Å². The van der Waals surface area contributed by atoms with Gasteiger partial charge in [-0.2, -0.15) is 0 Å². The molecule has 1 aromatic carbocycles. The molecule has 24 heavy (non-hydrogen) atoms. The maximum absolute atomic E-state index is 12.3. The second-order valence-corrected chi connectivity index (χ2v) is 5.59. The minimum Gasteiger partial charge on any atom is -0.487 e. The highest BCUT2D eigenvalue weighted by Crippen LogP contribution is 2.33. The molecule has 1 heterocycles. The Balaban J connectivity index is 1.99. The van der Waals surface area contributed by atoms with Crippen LogP contribution < -0.4 is 10.1 Å². The van der Waals surface area contributed by atoms with Crippen molar-refractivity contribution in [3.8, 4) is 5.75 Å². The molecule has 2 N–H and O–H groups in total. The number of halogens is 1. The first-order chi connectivity index (χ1) is 11.5. The summed E-state index contributed by atoms with van der Waals surface area (Å²) in [6, 6.07) is 4.99. The smallest absolute Gasteiger partial charge is 0.332 e. The summed E-state index contributed by atoms with van der Waals surface area (Å²) in [6.45, 7) is 3.16. The fraction of sp³-hybridized carbons (Fsp3) is 0.500. The number of benzene rings is 1. The monoisotopic (exact) mass is 357 g/mol. The highest BCUT2D eigenvalue weighted by atomic mass is 35.5. The fourth-order valence-electron chi connectivity index (χ4n) is 2.33. The first-order valence-electron chi connectivity index (χ1n) is 7.71. The Morgan fingerprint density at radius 2 is 2.08 bits per heavy atom. The van der Waals surface area contributed by atoms with Crippen molar-refractivity contribution in [3.05, 3.63) is 23.2 Å². The summed E-state index contributed by atoms with van der Waals surface area (Å²) in [5, 5.41) is 12.0. The van der Waals surface area contributed by atoms with E-state index in [0.717, 1.165) is 0 Å². The molecular weight excluding hydrogens is 338 g/mol. The van der Waals surface area contributed by atoms with E-state index in [-0.39, 0.29) is 0 Å². The van der Waals surface area contributed by atoms with E-state index >= 15 is 0 Å². The molecule has 1 aliphatic rings. The molecule has 0 radical (unpaired) electrons. The highest BCUT2D eigenvalue weighted by Gasteiger charge is 2.35. The van der Waals surface area contributed by atoms with Gasteiger partial charge in [-0.15, -0.1) is 0 Å². The summed E-state index contributed by atoms with van der Waals surface area (Å²) >= 11 is 6.12. The molecule has 0 spiro atoms. The fourth-order valence-corrected chi connectivity index (χ4v) is 2.55. The standard InChI is InChI=1S/C16H20ClNO6/c1-2-22-8-9-23-14-10(17)4-3-5-11(14)18-15(19)12-6-7-13(24-12)16(20)21/h3-5,12-13H,2,6-9H2,1H3,(H,18,19)(H,20,21)/t12-,13+/m0/s1. The average Bonchev–Trinajstić information content (AvgIpc) is 3.04. The summed E-state index contributed by atoms with van der Waals surface area (Å²) in [5.41, 5.74) is 0.409. The lowest BCUT2D eigenvalue weighted by Gasteiger charge is -2.16. The van der Waals surface area contributed by atoms with Crippen molar-refractivity contribution < 1.29 is 28.9 Å². The number of aliphatic carboxylic acids is 1. The third kappa shape index (κ3) is 4.83. The van der Waals surface area contributed by atoms with Crippen LogP contribution in [0.2, 0.25) is 5.02 Å². The highest BCUT2D eigenvalue weighted by molar-refractivity contribution is 6.32. The van der Waals surface area contributed by atoms with E-state index in [1.807, 2.05) is 6.92 Å². The van der Waals surface area contributed by atoms with Crippen LogP contribution in [0.25, 0.3) is 0 Å². The van der Waals surface area contributed by atoms with Crippen LogP contribution >= 0.6 is 11.6 Å². The van der Waals surface area contributed by atoms with E-state index in [0.29, 0.717) is 49.1 Å². The molecule has 1 aromatic rings. The lowest BCUT2D eigenvalue weighted by molar-refractivity contribution is -0.150. The number of anilines is 1. The third-order valence-corrected chi connectivity index (χ3v) is 3.79. The minimum absolute atomic E-state index is 0.293. The Hall–Kier alpha value is -1.83. The lowest BCUT2D eigenvalue weighted by Crippen LogP contribution is -2.30. The zero-order chi connectivity index (χ0) is 17.5. The van der Waals surface area contributed by atoms with Gasteiger partial charge in [0.25, 0.3) is 5.91 Å². The summed E-state index contributed by atoms with van der Waals surface area (Å²) < 4.78 is 16.0. The molecule has 1 fully saturated rings. The zero-order valence-electron chi connectivity index (χ0n) is 13.3. The molecule has 132 valence electrons. The van der Waals surface area contributed by atoms with Gasteiger partial charge in [0.15, 0.2) is 11.9 Å². The normalized spacial score (nSPS) is 19.9. The van der Waals surface area contributed by atoms with Crippen LogP contribution in [0.1, 0.15) is 19.8 Å². The predicted octanol–water partition coefficient (Wildman–Crippen LogP) is 2.33. The quantitative estimate of drug-likeness (QED) is 0.693.